The van der Waals surface area contributed by atoms with Crippen molar-refractivity contribution in [3.63, 3.8) is 0 Å². The molecule has 0 spiro atoms. The molecule has 2 N–H and O–H groups in total. The largest absolute Gasteiger partial charge is 0.378 e. The van der Waals surface area contributed by atoms with Gasteiger partial charge in [0.15, 0.2) is 0 Å². The molecule has 4 rings (SSSR count). The molecule has 0 radical (unpaired) electrons. The van der Waals surface area contributed by atoms with E-state index in [0.29, 0.717) is 31.9 Å². The molecule has 0 unspecified atom stereocenters. The number of morpholine rings is 1. The summed E-state index contributed by atoms with van der Waals surface area (Å²) in [7, 11) is 0. The predicted octanol–water partition coefficient (Wildman–Crippen LogP) is 2.26. The van der Waals surface area contributed by atoms with Gasteiger partial charge in [0.25, 0.3) is 5.91 Å². The smallest absolute Gasteiger partial charge is 0.254 e. The van der Waals surface area contributed by atoms with Gasteiger partial charge in [0.2, 0.25) is 5.95 Å². The van der Waals surface area contributed by atoms with Crippen molar-refractivity contribution in [1.82, 2.24) is 19.9 Å². The number of nitrogens with two attached hydrogens (primary N) is 1. The summed E-state index contributed by atoms with van der Waals surface area (Å²) in [5, 5.41) is 0. The van der Waals surface area contributed by atoms with E-state index in [0.717, 1.165) is 22.4 Å². The lowest BCUT2D eigenvalue weighted by molar-refractivity contribution is 0.0303. The number of hydrogen-bond donors (Lipinski definition) is 1. The fourth-order valence-electron chi connectivity index (χ4n) is 3.05. The fraction of sp³-hybridized carbons (Fsp3) is 0.200. The molecule has 1 amide bonds. The molecular formula is C20H19N5O2. The van der Waals surface area contributed by atoms with Gasteiger partial charge in [0.1, 0.15) is 0 Å². The number of nitrogens with zero attached hydrogens (tertiary/aromatic N) is 4. The van der Waals surface area contributed by atoms with Crippen molar-refractivity contribution in [2.24, 2.45) is 0 Å². The maximum absolute atomic E-state index is 12.9. The van der Waals surface area contributed by atoms with Gasteiger partial charge in [0, 0.05) is 48.4 Å². The molecule has 1 aliphatic heterocycles. The Hall–Kier alpha value is -3.32. The lowest BCUT2D eigenvalue weighted by Crippen LogP contribution is -2.40. The van der Waals surface area contributed by atoms with Gasteiger partial charge in [-0.15, -0.1) is 0 Å². The van der Waals surface area contributed by atoms with Crippen molar-refractivity contribution in [2.45, 2.75) is 0 Å². The predicted molar refractivity (Wildman–Crippen MR) is 102 cm³/mol. The number of pyridine rings is 1. The number of rotatable bonds is 3. The second-order valence-corrected chi connectivity index (χ2v) is 6.21. The maximum atomic E-state index is 12.9. The summed E-state index contributed by atoms with van der Waals surface area (Å²) in [5.41, 5.74) is 9.47. The number of hydrogen-bond acceptors (Lipinski definition) is 6. The zero-order valence-electron chi connectivity index (χ0n) is 14.7. The monoisotopic (exact) mass is 361 g/mol. The molecule has 27 heavy (non-hydrogen) atoms. The van der Waals surface area contributed by atoms with Gasteiger partial charge in [-0.25, -0.2) is 9.97 Å². The SMILES string of the molecule is Nc1ncc(-c2ccc(-c3ccccc3C(=O)N3CCOCC3)cn2)cn1. The quantitative estimate of drug-likeness (QED) is 0.769. The van der Waals surface area contributed by atoms with Gasteiger partial charge < -0.3 is 15.4 Å². The van der Waals surface area contributed by atoms with Crippen molar-refractivity contribution in [3.8, 4) is 22.4 Å². The molecule has 3 heterocycles. The van der Waals surface area contributed by atoms with Crippen LogP contribution >= 0.6 is 0 Å². The molecule has 136 valence electrons. The topological polar surface area (TPSA) is 94.2 Å². The summed E-state index contributed by atoms with van der Waals surface area (Å²) in [6.07, 6.45) is 5.04. The van der Waals surface area contributed by atoms with Crippen LogP contribution in [0.4, 0.5) is 5.95 Å². The first-order chi connectivity index (χ1) is 13.2. The molecule has 7 nitrogen and oxygen atoms in total. The zero-order valence-corrected chi connectivity index (χ0v) is 14.7. The molecule has 1 aliphatic rings. The summed E-state index contributed by atoms with van der Waals surface area (Å²) >= 11 is 0. The second kappa shape index (κ2) is 7.51. The van der Waals surface area contributed by atoms with Gasteiger partial charge in [0.05, 0.1) is 18.9 Å². The third-order valence-electron chi connectivity index (χ3n) is 4.50. The molecule has 3 aromatic rings. The summed E-state index contributed by atoms with van der Waals surface area (Å²) in [6, 6.07) is 11.4. The number of carbonyl (C=O) groups excluding carboxylic acids is 1. The molecule has 0 atom stereocenters. The average molecular weight is 361 g/mol. The van der Waals surface area contributed by atoms with E-state index < -0.39 is 0 Å². The van der Waals surface area contributed by atoms with Crippen LogP contribution in [0.15, 0.2) is 55.0 Å². The number of carbonyl (C=O) groups is 1. The number of amides is 1. The van der Waals surface area contributed by atoms with Crippen LogP contribution < -0.4 is 5.73 Å². The minimum Gasteiger partial charge on any atom is -0.378 e. The Balaban J connectivity index is 1.63. The summed E-state index contributed by atoms with van der Waals surface area (Å²) in [4.78, 5) is 27.3. The highest BCUT2D eigenvalue weighted by Gasteiger charge is 2.21. The van der Waals surface area contributed by atoms with Crippen LogP contribution in [0.5, 0.6) is 0 Å². The minimum atomic E-state index is 0.0184. The Morgan fingerprint density at radius 3 is 2.33 bits per heavy atom. The molecule has 7 heteroatoms. The molecule has 2 aromatic heterocycles. The molecule has 1 fully saturated rings. The number of anilines is 1. The lowest BCUT2D eigenvalue weighted by atomic mass is 9.99. The van der Waals surface area contributed by atoms with Gasteiger partial charge in [-0.2, -0.15) is 0 Å². The Kier molecular flexibility index (Phi) is 4.76. The number of benzene rings is 1. The van der Waals surface area contributed by atoms with Gasteiger partial charge in [-0.05, 0) is 17.7 Å². The van der Waals surface area contributed by atoms with E-state index in [2.05, 4.69) is 15.0 Å². The second-order valence-electron chi connectivity index (χ2n) is 6.21. The minimum absolute atomic E-state index is 0.0184. The lowest BCUT2D eigenvalue weighted by Gasteiger charge is -2.27. The molecule has 1 saturated heterocycles. The zero-order chi connectivity index (χ0) is 18.6. The Labute approximate surface area is 156 Å². The van der Waals surface area contributed by atoms with Crippen molar-refractivity contribution in [3.05, 3.63) is 60.6 Å². The fourth-order valence-corrected chi connectivity index (χ4v) is 3.05. The third-order valence-corrected chi connectivity index (χ3v) is 4.50. The summed E-state index contributed by atoms with van der Waals surface area (Å²) < 4.78 is 5.34. The van der Waals surface area contributed by atoms with Crippen molar-refractivity contribution in [2.75, 3.05) is 32.0 Å². The Morgan fingerprint density at radius 2 is 1.63 bits per heavy atom. The van der Waals surface area contributed by atoms with Crippen molar-refractivity contribution < 1.29 is 9.53 Å². The van der Waals surface area contributed by atoms with E-state index in [9.17, 15) is 4.79 Å². The third kappa shape index (κ3) is 3.63. The number of aromatic nitrogens is 3. The number of nitrogen functional groups attached to an aromatic ring is 1. The van der Waals surface area contributed by atoms with E-state index in [-0.39, 0.29) is 11.9 Å². The van der Waals surface area contributed by atoms with E-state index >= 15 is 0 Å². The van der Waals surface area contributed by atoms with E-state index in [4.69, 9.17) is 10.5 Å². The Morgan fingerprint density at radius 1 is 0.926 bits per heavy atom. The first-order valence-corrected chi connectivity index (χ1v) is 8.73. The number of ether oxygens (including phenoxy) is 1. The van der Waals surface area contributed by atoms with Crippen LogP contribution in [0.1, 0.15) is 10.4 Å². The van der Waals surface area contributed by atoms with Crippen LogP contribution in [0, 0.1) is 0 Å². The summed E-state index contributed by atoms with van der Waals surface area (Å²) in [5.74, 6) is 0.246. The van der Waals surface area contributed by atoms with Crippen LogP contribution in [0.2, 0.25) is 0 Å². The highest BCUT2D eigenvalue weighted by Crippen LogP contribution is 2.26. The highest BCUT2D eigenvalue weighted by molar-refractivity contribution is 6.00. The van der Waals surface area contributed by atoms with Gasteiger partial charge in [-0.1, -0.05) is 24.3 Å². The first-order valence-electron chi connectivity index (χ1n) is 8.73. The first kappa shape index (κ1) is 17.1. The highest BCUT2D eigenvalue weighted by atomic mass is 16.5. The molecule has 0 bridgehead atoms. The van der Waals surface area contributed by atoms with E-state index in [1.54, 1.807) is 18.6 Å². The standard InChI is InChI=1S/C20H19N5O2/c21-20-23-12-15(13-24-20)18-6-5-14(11-22-18)16-3-1-2-4-17(16)19(26)25-7-9-27-10-8-25/h1-6,11-13H,7-10H2,(H2,21,23,24). The van der Waals surface area contributed by atoms with Crippen LogP contribution in [-0.4, -0.2) is 52.1 Å². The Bertz CT molecular complexity index is 935. The van der Waals surface area contributed by atoms with Crippen molar-refractivity contribution in [1.29, 1.82) is 0 Å². The molecular weight excluding hydrogens is 342 g/mol. The van der Waals surface area contributed by atoms with Crippen molar-refractivity contribution >= 4 is 11.9 Å². The molecule has 0 saturated carbocycles. The van der Waals surface area contributed by atoms with Crippen LogP contribution in [0.3, 0.4) is 0 Å². The molecule has 1 aromatic carbocycles. The maximum Gasteiger partial charge on any atom is 0.254 e. The van der Waals surface area contributed by atoms with Crippen LogP contribution in [-0.2, 0) is 4.74 Å². The average Bonchev–Trinajstić information content (AvgIpc) is 2.74. The van der Waals surface area contributed by atoms with E-state index in [1.165, 1.54) is 0 Å². The van der Waals surface area contributed by atoms with E-state index in [1.807, 2.05) is 41.3 Å². The normalized spacial score (nSPS) is 14.1. The summed E-state index contributed by atoms with van der Waals surface area (Å²) in [6.45, 7) is 2.38. The molecule has 0 aliphatic carbocycles. The van der Waals surface area contributed by atoms with Gasteiger partial charge >= 0.3 is 0 Å². The van der Waals surface area contributed by atoms with Gasteiger partial charge in [-0.3, -0.25) is 9.78 Å². The van der Waals surface area contributed by atoms with Crippen LogP contribution in [0.25, 0.3) is 22.4 Å².